The van der Waals surface area contributed by atoms with Gasteiger partial charge < -0.3 is 15.4 Å². The predicted molar refractivity (Wildman–Crippen MR) is 66.2 cm³/mol. The number of amides is 1. The van der Waals surface area contributed by atoms with Crippen molar-refractivity contribution in [3.05, 3.63) is 0 Å². The van der Waals surface area contributed by atoms with Crippen molar-refractivity contribution in [3.8, 4) is 0 Å². The lowest BCUT2D eigenvalue weighted by atomic mass is 10.1. The van der Waals surface area contributed by atoms with E-state index >= 15 is 0 Å². The highest BCUT2D eigenvalue weighted by Gasteiger charge is 2.19. The van der Waals surface area contributed by atoms with Gasteiger partial charge in [0.2, 0.25) is 5.91 Å². The van der Waals surface area contributed by atoms with Crippen molar-refractivity contribution in [2.24, 2.45) is 5.73 Å². The Morgan fingerprint density at radius 1 is 1.38 bits per heavy atom. The van der Waals surface area contributed by atoms with Crippen LogP contribution < -0.4 is 5.73 Å². The van der Waals surface area contributed by atoms with Crippen molar-refractivity contribution in [1.29, 1.82) is 0 Å². The lowest BCUT2D eigenvalue weighted by Crippen LogP contribution is -2.41. The van der Waals surface area contributed by atoms with E-state index in [0.29, 0.717) is 32.2 Å². The van der Waals surface area contributed by atoms with Gasteiger partial charge >= 0.3 is 0 Å². The summed E-state index contributed by atoms with van der Waals surface area (Å²) < 4.78 is 5.05. The molecule has 0 saturated carbocycles. The van der Waals surface area contributed by atoms with E-state index in [1.54, 1.807) is 7.11 Å². The molecule has 0 aromatic rings. The predicted octanol–water partition coefficient (Wildman–Crippen LogP) is 1.39. The van der Waals surface area contributed by atoms with Crippen LogP contribution in [0.15, 0.2) is 0 Å². The minimum absolute atomic E-state index is 0.205. The second-order valence-electron chi connectivity index (χ2n) is 3.94. The maximum atomic E-state index is 12.0. The van der Waals surface area contributed by atoms with Crippen LogP contribution in [0.1, 0.15) is 39.5 Å². The summed E-state index contributed by atoms with van der Waals surface area (Å²) in [5, 5.41) is 0. The Bertz CT molecular complexity index is 182. The third kappa shape index (κ3) is 5.47. The number of hydrogen-bond acceptors (Lipinski definition) is 3. The number of nitrogens with two attached hydrogens (primary N) is 1. The van der Waals surface area contributed by atoms with E-state index in [0.717, 1.165) is 19.3 Å². The fourth-order valence-corrected chi connectivity index (χ4v) is 1.83. The molecule has 16 heavy (non-hydrogen) atoms. The van der Waals surface area contributed by atoms with Crippen LogP contribution in [0.2, 0.25) is 0 Å². The Morgan fingerprint density at radius 3 is 2.44 bits per heavy atom. The first-order valence-corrected chi connectivity index (χ1v) is 6.19. The zero-order valence-corrected chi connectivity index (χ0v) is 10.9. The smallest absolute Gasteiger partial charge is 0.222 e. The molecule has 4 nitrogen and oxygen atoms in total. The van der Waals surface area contributed by atoms with Crippen LogP contribution in [0.5, 0.6) is 0 Å². The topological polar surface area (TPSA) is 55.6 Å². The van der Waals surface area contributed by atoms with E-state index in [9.17, 15) is 4.79 Å². The van der Waals surface area contributed by atoms with Crippen LogP contribution in [0.3, 0.4) is 0 Å². The van der Waals surface area contributed by atoms with Crippen molar-refractivity contribution in [2.75, 3.05) is 26.8 Å². The summed E-state index contributed by atoms with van der Waals surface area (Å²) >= 11 is 0. The molecule has 0 atom stereocenters. The molecule has 0 aliphatic carbocycles. The molecule has 0 spiro atoms. The largest absolute Gasteiger partial charge is 0.383 e. The Labute approximate surface area is 99.1 Å². The number of hydrogen-bond donors (Lipinski definition) is 1. The van der Waals surface area contributed by atoms with Crippen molar-refractivity contribution >= 4 is 5.91 Å². The summed E-state index contributed by atoms with van der Waals surface area (Å²) in [6, 6.07) is 0.334. The number of methoxy groups -OCH3 is 1. The highest BCUT2D eigenvalue weighted by atomic mass is 16.5. The molecule has 96 valence electrons. The SMILES string of the molecule is CCC(CC)N(CCOC)C(=O)CCCN. The fraction of sp³-hybridized carbons (Fsp3) is 0.917. The molecule has 0 radical (unpaired) electrons. The van der Waals surface area contributed by atoms with Gasteiger partial charge in [-0.1, -0.05) is 13.8 Å². The highest BCUT2D eigenvalue weighted by Crippen LogP contribution is 2.10. The molecule has 0 fully saturated rings. The average Bonchev–Trinajstić information content (AvgIpc) is 2.31. The molecule has 0 unspecified atom stereocenters. The van der Waals surface area contributed by atoms with Gasteiger partial charge in [-0.2, -0.15) is 0 Å². The monoisotopic (exact) mass is 230 g/mol. The summed E-state index contributed by atoms with van der Waals surface area (Å²) in [4.78, 5) is 13.9. The van der Waals surface area contributed by atoms with E-state index in [4.69, 9.17) is 10.5 Å². The van der Waals surface area contributed by atoms with Crippen LogP contribution in [-0.4, -0.2) is 43.7 Å². The van der Waals surface area contributed by atoms with Gasteiger partial charge in [0.15, 0.2) is 0 Å². The van der Waals surface area contributed by atoms with Crippen LogP contribution in [0.4, 0.5) is 0 Å². The maximum absolute atomic E-state index is 12.0. The van der Waals surface area contributed by atoms with E-state index in [1.165, 1.54) is 0 Å². The summed E-state index contributed by atoms with van der Waals surface area (Å²) in [6.07, 6.45) is 3.31. The van der Waals surface area contributed by atoms with Gasteiger partial charge in [-0.15, -0.1) is 0 Å². The first-order chi connectivity index (χ1) is 7.71. The first-order valence-electron chi connectivity index (χ1n) is 6.19. The lowest BCUT2D eigenvalue weighted by molar-refractivity contribution is -0.134. The summed E-state index contributed by atoms with van der Waals surface area (Å²) in [5.41, 5.74) is 5.42. The molecule has 2 N–H and O–H groups in total. The average molecular weight is 230 g/mol. The number of rotatable bonds is 9. The molecule has 0 bridgehead atoms. The van der Waals surface area contributed by atoms with Crippen LogP contribution in [0, 0.1) is 0 Å². The van der Waals surface area contributed by atoms with E-state index < -0.39 is 0 Å². The van der Waals surface area contributed by atoms with Gasteiger partial charge in [-0.3, -0.25) is 4.79 Å². The minimum atomic E-state index is 0.205. The highest BCUT2D eigenvalue weighted by molar-refractivity contribution is 5.76. The van der Waals surface area contributed by atoms with Gasteiger partial charge in [0.25, 0.3) is 0 Å². The van der Waals surface area contributed by atoms with Crippen molar-refractivity contribution in [3.63, 3.8) is 0 Å². The second-order valence-corrected chi connectivity index (χ2v) is 3.94. The molecule has 0 aliphatic heterocycles. The molecule has 0 aromatic carbocycles. The Kier molecular flexibility index (Phi) is 9.24. The van der Waals surface area contributed by atoms with Crippen molar-refractivity contribution in [2.45, 2.75) is 45.6 Å². The quantitative estimate of drug-likeness (QED) is 0.651. The van der Waals surface area contributed by atoms with Gasteiger partial charge in [-0.05, 0) is 25.8 Å². The zero-order valence-electron chi connectivity index (χ0n) is 10.9. The molecule has 1 amide bonds. The molecule has 4 heteroatoms. The summed E-state index contributed by atoms with van der Waals surface area (Å²) in [5.74, 6) is 0.205. The molecule has 0 aliphatic rings. The van der Waals surface area contributed by atoms with Crippen LogP contribution in [0.25, 0.3) is 0 Å². The van der Waals surface area contributed by atoms with Crippen LogP contribution in [-0.2, 0) is 9.53 Å². The molecule has 0 aromatic heterocycles. The Morgan fingerprint density at radius 2 is 2.00 bits per heavy atom. The third-order valence-corrected chi connectivity index (χ3v) is 2.83. The minimum Gasteiger partial charge on any atom is -0.383 e. The zero-order chi connectivity index (χ0) is 12.4. The summed E-state index contributed by atoms with van der Waals surface area (Å²) in [6.45, 7) is 6.10. The molecule has 0 rings (SSSR count). The summed E-state index contributed by atoms with van der Waals surface area (Å²) in [7, 11) is 1.66. The van der Waals surface area contributed by atoms with Gasteiger partial charge in [0.05, 0.1) is 6.61 Å². The number of carbonyl (C=O) groups is 1. The standard InChI is InChI=1S/C12H26N2O2/c1-4-11(5-2)14(9-10-16-3)12(15)7-6-8-13/h11H,4-10,13H2,1-3H3. The number of carbonyl (C=O) groups excluding carboxylic acids is 1. The second kappa shape index (κ2) is 9.60. The van der Waals surface area contributed by atoms with E-state index in [1.807, 2.05) is 4.90 Å². The molecule has 0 heterocycles. The Balaban J connectivity index is 4.32. The van der Waals surface area contributed by atoms with E-state index in [2.05, 4.69) is 13.8 Å². The van der Waals surface area contributed by atoms with E-state index in [-0.39, 0.29) is 5.91 Å². The number of ether oxygens (including phenoxy) is 1. The fourth-order valence-electron chi connectivity index (χ4n) is 1.83. The molecular weight excluding hydrogens is 204 g/mol. The Hall–Kier alpha value is -0.610. The third-order valence-electron chi connectivity index (χ3n) is 2.83. The normalized spacial score (nSPS) is 10.8. The van der Waals surface area contributed by atoms with Crippen molar-refractivity contribution < 1.29 is 9.53 Å². The van der Waals surface area contributed by atoms with Crippen molar-refractivity contribution in [1.82, 2.24) is 4.90 Å². The van der Waals surface area contributed by atoms with Gasteiger partial charge in [-0.25, -0.2) is 0 Å². The van der Waals surface area contributed by atoms with Gasteiger partial charge in [0.1, 0.15) is 0 Å². The molecular formula is C12H26N2O2. The lowest BCUT2D eigenvalue weighted by Gasteiger charge is -2.30. The molecule has 0 saturated heterocycles. The van der Waals surface area contributed by atoms with Crippen LogP contribution >= 0.6 is 0 Å². The van der Waals surface area contributed by atoms with Gasteiger partial charge in [0, 0.05) is 26.1 Å². The maximum Gasteiger partial charge on any atom is 0.222 e. The first kappa shape index (κ1) is 15.4. The number of nitrogens with zero attached hydrogens (tertiary/aromatic N) is 1.